The second-order valence-corrected chi connectivity index (χ2v) is 36.6. The zero-order valence-electron chi connectivity index (χ0n) is 84.5. The highest BCUT2D eigenvalue weighted by Gasteiger charge is 2.13. The molecule has 0 aromatic carbocycles. The number of furan rings is 1. The molecular weight excluding hydrogens is 1640 g/mol. The summed E-state index contributed by atoms with van der Waals surface area (Å²) in [6.07, 6.45) is 21.3. The Morgan fingerprint density at radius 3 is 1.35 bits per heavy atom. The van der Waals surface area contributed by atoms with Crippen LogP contribution in [0.2, 0.25) is 0 Å². The minimum atomic E-state index is 0.339. The van der Waals surface area contributed by atoms with Gasteiger partial charge in [-0.25, -0.2) is 19.6 Å². The van der Waals surface area contributed by atoms with Crippen LogP contribution in [0.5, 0.6) is 0 Å². The quantitative estimate of drug-likeness (QED) is 0.0907. The van der Waals surface area contributed by atoms with E-state index in [1.807, 2.05) is 169 Å². The van der Waals surface area contributed by atoms with Crippen LogP contribution in [0.4, 0.5) is 0 Å². The van der Waals surface area contributed by atoms with Gasteiger partial charge in [-0.05, 0) is 182 Å². The molecule has 0 aliphatic rings. The molecule has 14 heterocycles. The van der Waals surface area contributed by atoms with Gasteiger partial charge in [0.1, 0.15) is 87.0 Å². The molecule has 0 unspecified atom stereocenters. The lowest BCUT2D eigenvalue weighted by Crippen LogP contribution is -2.09. The Balaban J connectivity index is 0.000000685. The molecule has 127 heavy (non-hydrogen) atoms. The standard InChI is InChI=1S/C10H17NO.2C8H14N2.2C7H12N2.3C6H11N3.C6H10N2O.C6H10N2S.C6H10N2.C5H9N3.C5H8N2O.C5H8N2S/c1-8(2)10-6-5-9(12-10)7-11(3)4;1-6(2)8-5-9-7(3)10(8)4;1-5(2)8-6(3)9-10-7(8)4;1-6(2)7-4-8-9(3)5-7;1-6(2)7-4-5-8-9(7)3;1-5(2)9-4-7-8-6(9)3;1-5(2)9-4-7-6(3)8-9;1-5(2)9-6(3)7-4-8-9;2*1-4(2)6-8-7-5(3)9-6;1-5(2)6-3-7-8-4-6;1-5(2)8-3-6-7-4-8;2*1-4(2)5-7-6-3-8-5/h5-6,8H,7H2,1-4H3;5-6H,1-4H3;5H,1-4H3,(H,9,10);2*4-6H,1-3H3;3*4-5H,1-3H3;2*4H,1-3H3;3-5H,1-2H3,(H,7,8);3-5H,1-2H3;2*3-4H,1-2H3. The molecule has 0 spiro atoms. The third-order valence-electron chi connectivity index (χ3n) is 17.9. The van der Waals surface area contributed by atoms with Gasteiger partial charge in [0, 0.05) is 124 Å². The minimum Gasteiger partial charge on any atom is -0.464 e. The summed E-state index contributed by atoms with van der Waals surface area (Å²) < 4.78 is 29.2. The van der Waals surface area contributed by atoms with Gasteiger partial charge in [-0.2, -0.15) is 30.6 Å². The molecule has 2 N–H and O–H groups in total. The SMILES string of the molecule is CC(C)c1ccc(CN(C)C)o1.CC(C)c1ccnn1C.CC(C)c1cn[nH]c1.CC(C)c1cnn(C)c1.CC(C)c1nnco1.CC(C)c1nncs1.CC(C)n1cnnc1.Cc1n[nH]c(C)c1C(C)C.Cc1ncc(C(C)C)n1C.Cc1ncn(C(C)C)n1.Cc1ncnn1C(C)C.Cc1nnc(C(C)C)o1.Cc1nnc(C(C)C)s1.Cc1nncn1C(C)C. The van der Waals surface area contributed by atoms with Crippen molar-refractivity contribution in [3.8, 4) is 0 Å². The predicted octanol–water partition coefficient (Wildman–Crippen LogP) is 21.8. The Morgan fingerprint density at radius 2 is 1.11 bits per heavy atom. The number of aromatic nitrogens is 30. The van der Waals surface area contributed by atoms with E-state index in [0.717, 1.165) is 62.1 Å². The highest BCUT2D eigenvalue weighted by atomic mass is 32.1. The molecule has 34 nitrogen and oxygen atoms in total. The number of rotatable bonds is 16. The van der Waals surface area contributed by atoms with E-state index in [1.165, 1.54) is 40.2 Å². The maximum absolute atomic E-state index is 5.61. The summed E-state index contributed by atoms with van der Waals surface area (Å²) in [6, 6.07) is 7.95. The molecule has 14 aromatic heterocycles. The van der Waals surface area contributed by atoms with Crippen LogP contribution in [0.25, 0.3) is 0 Å². The van der Waals surface area contributed by atoms with Gasteiger partial charge in [0.15, 0.2) is 0 Å². The van der Waals surface area contributed by atoms with Crippen LogP contribution < -0.4 is 0 Å². The lowest BCUT2D eigenvalue weighted by atomic mass is 10.0. The molecule has 0 aliphatic heterocycles. The number of imidazole rings is 1. The summed E-state index contributed by atoms with van der Waals surface area (Å²) in [5.74, 6) is 13.2. The predicted molar refractivity (Wildman–Crippen MR) is 512 cm³/mol. The average Bonchev–Trinajstić information content (AvgIpc) is 1.73. The van der Waals surface area contributed by atoms with E-state index in [4.69, 9.17) is 13.3 Å². The Labute approximate surface area is 766 Å². The molecule has 0 saturated carbocycles. The van der Waals surface area contributed by atoms with Gasteiger partial charge in [0.25, 0.3) is 0 Å². The van der Waals surface area contributed by atoms with Crippen molar-refractivity contribution in [1.29, 1.82) is 0 Å². The molecule has 0 radical (unpaired) electrons. The van der Waals surface area contributed by atoms with Crippen molar-refractivity contribution in [3.63, 3.8) is 0 Å². The largest absolute Gasteiger partial charge is 0.464 e. The van der Waals surface area contributed by atoms with Crippen molar-refractivity contribution in [2.75, 3.05) is 14.1 Å². The first-order valence-electron chi connectivity index (χ1n) is 43.7. The van der Waals surface area contributed by atoms with Crippen molar-refractivity contribution in [2.45, 2.75) is 339 Å². The summed E-state index contributed by atoms with van der Waals surface area (Å²) in [5, 5.41) is 78.4. The van der Waals surface area contributed by atoms with Crippen molar-refractivity contribution in [3.05, 3.63) is 206 Å². The third-order valence-corrected chi connectivity index (χ3v) is 20.0. The number of nitrogens with one attached hydrogen (secondary N) is 2. The Bertz CT molecular complexity index is 4490. The molecule has 0 fully saturated rings. The van der Waals surface area contributed by atoms with Crippen LogP contribution in [-0.4, -0.2) is 168 Å². The minimum absolute atomic E-state index is 0.339. The molecule has 0 atom stereocenters. The molecule has 14 aromatic rings. The molecule has 36 heteroatoms. The maximum Gasteiger partial charge on any atom is 0.219 e. The fraction of sp³-hybridized carbons (Fsp3) is 0.615. The number of hydrogen-bond acceptors (Lipinski definition) is 27. The average molecular weight is 1800 g/mol. The number of aromatic amines is 2. The van der Waals surface area contributed by atoms with Crippen molar-refractivity contribution in [2.24, 2.45) is 21.1 Å². The maximum atomic E-state index is 5.61. The third kappa shape index (κ3) is 46.5. The highest BCUT2D eigenvalue weighted by Crippen LogP contribution is 2.23. The van der Waals surface area contributed by atoms with Gasteiger partial charge in [-0.1, -0.05) is 138 Å². The van der Waals surface area contributed by atoms with Crippen molar-refractivity contribution in [1.82, 2.24) is 154 Å². The van der Waals surface area contributed by atoms with Gasteiger partial charge in [-0.15, -0.1) is 83.9 Å². The van der Waals surface area contributed by atoms with Crippen LogP contribution in [0, 0.1) is 55.4 Å². The Hall–Kier alpha value is -10.7. The molecule has 0 amide bonds. The fourth-order valence-electron chi connectivity index (χ4n) is 10.5. The number of hydrogen-bond donors (Lipinski definition) is 2. The number of H-pyrrole nitrogens is 2. The van der Waals surface area contributed by atoms with E-state index in [2.05, 4.69) is 319 Å². The molecule has 14 rings (SSSR count). The monoisotopic (exact) mass is 1800 g/mol. The van der Waals surface area contributed by atoms with Crippen LogP contribution in [0.3, 0.4) is 0 Å². The van der Waals surface area contributed by atoms with Gasteiger partial charge in [0.2, 0.25) is 24.1 Å². The van der Waals surface area contributed by atoms with E-state index < -0.39 is 0 Å². The first-order chi connectivity index (χ1) is 59.5. The lowest BCUT2D eigenvalue weighted by molar-refractivity contribution is 0.338. The fourth-order valence-corrected chi connectivity index (χ4v) is 11.8. The first kappa shape index (κ1) is 114. The molecule has 0 saturated heterocycles. The number of aryl methyl sites for hydroxylation is 10. The van der Waals surface area contributed by atoms with Crippen molar-refractivity contribution < 1.29 is 13.3 Å². The van der Waals surface area contributed by atoms with Crippen LogP contribution >= 0.6 is 22.7 Å². The Morgan fingerprint density at radius 1 is 0.480 bits per heavy atom. The summed E-state index contributed by atoms with van der Waals surface area (Å²) >= 11 is 3.28. The lowest BCUT2D eigenvalue weighted by Gasteiger charge is -2.06. The second kappa shape index (κ2) is 60.8. The first-order valence-corrected chi connectivity index (χ1v) is 45.4. The molecule has 0 bridgehead atoms. The van der Waals surface area contributed by atoms with Crippen LogP contribution in [0.15, 0.2) is 112 Å². The zero-order chi connectivity index (χ0) is 96.5. The zero-order valence-corrected chi connectivity index (χ0v) is 86.2. The van der Waals surface area contributed by atoms with Crippen molar-refractivity contribution >= 4 is 22.7 Å². The molecule has 706 valence electrons. The van der Waals surface area contributed by atoms with E-state index in [9.17, 15) is 0 Å². The molecule has 0 aliphatic carbocycles. The summed E-state index contributed by atoms with van der Waals surface area (Å²) in [6.45, 7) is 75.7. The highest BCUT2D eigenvalue weighted by molar-refractivity contribution is 7.11. The van der Waals surface area contributed by atoms with E-state index in [0.29, 0.717) is 101 Å². The van der Waals surface area contributed by atoms with Gasteiger partial charge >= 0.3 is 0 Å². The topological polar surface area (TPSA) is 379 Å². The molecular formula is C91H157N31O3S2. The summed E-state index contributed by atoms with van der Waals surface area (Å²) in [7, 11) is 10.0. The second-order valence-electron chi connectivity index (χ2n) is 34.6. The van der Waals surface area contributed by atoms with Gasteiger partial charge < -0.3 is 31.9 Å². The van der Waals surface area contributed by atoms with Crippen LogP contribution in [-0.2, 0) is 27.7 Å². The number of nitrogens with zero attached hydrogens (tertiary/aromatic N) is 29. The van der Waals surface area contributed by atoms with Gasteiger partial charge in [0.05, 0.1) is 24.6 Å². The van der Waals surface area contributed by atoms with Gasteiger partial charge in [-0.3, -0.25) is 24.2 Å². The van der Waals surface area contributed by atoms with E-state index >= 15 is 0 Å². The normalized spacial score (nSPS) is 10.7. The van der Waals surface area contributed by atoms with E-state index in [-0.39, 0.29) is 0 Å². The van der Waals surface area contributed by atoms with E-state index in [1.54, 1.807) is 66.7 Å². The Kier molecular flexibility index (Phi) is 54.7. The van der Waals surface area contributed by atoms with Crippen LogP contribution in [0.1, 0.15) is 384 Å². The smallest absolute Gasteiger partial charge is 0.219 e. The summed E-state index contributed by atoms with van der Waals surface area (Å²) in [4.78, 5) is 14.3. The summed E-state index contributed by atoms with van der Waals surface area (Å²) in [5.41, 5.74) is 10.6.